The largest absolute Gasteiger partial charge is 0.493 e. The quantitative estimate of drug-likeness (QED) is 0.838. The number of rotatable bonds is 5. The molecule has 1 saturated heterocycles. The van der Waals surface area contributed by atoms with Crippen LogP contribution in [0.2, 0.25) is 0 Å². The Balaban J connectivity index is 1.43. The van der Waals surface area contributed by atoms with Crippen LogP contribution in [-0.2, 0) is 4.74 Å². The highest BCUT2D eigenvalue weighted by Gasteiger charge is 2.21. The van der Waals surface area contributed by atoms with E-state index in [1.807, 2.05) is 6.07 Å². The average molecular weight is 275 g/mol. The first kappa shape index (κ1) is 13.9. The van der Waals surface area contributed by atoms with Crippen molar-refractivity contribution in [2.45, 2.75) is 31.6 Å². The Bertz CT molecular complexity index is 415. The number of hydrogen-bond donors (Lipinski definition) is 1. The highest BCUT2D eigenvalue weighted by Crippen LogP contribution is 2.33. The molecule has 3 rings (SSSR count). The van der Waals surface area contributed by atoms with Crippen LogP contribution in [0.25, 0.3) is 0 Å². The Kier molecular flexibility index (Phi) is 4.93. The molecular weight excluding hydrogens is 250 g/mol. The molecule has 20 heavy (non-hydrogen) atoms. The molecule has 0 spiro atoms. The molecule has 0 saturated carbocycles. The van der Waals surface area contributed by atoms with E-state index in [9.17, 15) is 0 Å². The Morgan fingerprint density at radius 2 is 2.20 bits per heavy atom. The number of ether oxygens (including phenoxy) is 2. The first-order valence-corrected chi connectivity index (χ1v) is 7.93. The molecule has 1 fully saturated rings. The number of benzene rings is 1. The smallest absolute Gasteiger partial charge is 0.122 e. The van der Waals surface area contributed by atoms with E-state index in [1.54, 1.807) is 0 Å². The van der Waals surface area contributed by atoms with Gasteiger partial charge in [-0.2, -0.15) is 0 Å². The van der Waals surface area contributed by atoms with Crippen LogP contribution in [0.5, 0.6) is 5.75 Å². The first-order chi connectivity index (χ1) is 9.93. The van der Waals surface area contributed by atoms with Crippen LogP contribution < -0.4 is 10.1 Å². The van der Waals surface area contributed by atoms with Crippen molar-refractivity contribution < 1.29 is 9.47 Å². The Labute approximate surface area is 121 Å². The van der Waals surface area contributed by atoms with Gasteiger partial charge < -0.3 is 14.8 Å². The number of nitrogens with one attached hydrogen (secondary N) is 1. The van der Waals surface area contributed by atoms with Gasteiger partial charge in [-0.05, 0) is 56.3 Å². The van der Waals surface area contributed by atoms with Gasteiger partial charge in [-0.25, -0.2) is 0 Å². The summed E-state index contributed by atoms with van der Waals surface area (Å²) in [5.74, 6) is 2.36. The fourth-order valence-corrected chi connectivity index (χ4v) is 3.23. The minimum absolute atomic E-state index is 0.504. The summed E-state index contributed by atoms with van der Waals surface area (Å²) >= 11 is 0. The third-order valence-corrected chi connectivity index (χ3v) is 4.47. The summed E-state index contributed by atoms with van der Waals surface area (Å²) in [7, 11) is 0. The molecule has 2 aliphatic rings. The summed E-state index contributed by atoms with van der Waals surface area (Å²) in [6.45, 7) is 4.91. The summed E-state index contributed by atoms with van der Waals surface area (Å²) in [6.07, 6.45) is 4.94. The molecule has 0 amide bonds. The highest BCUT2D eigenvalue weighted by molar-refractivity contribution is 5.37. The van der Waals surface area contributed by atoms with Crippen LogP contribution in [0, 0.1) is 5.92 Å². The van der Waals surface area contributed by atoms with Crippen molar-refractivity contribution in [1.82, 2.24) is 5.32 Å². The van der Waals surface area contributed by atoms with Gasteiger partial charge in [-0.15, -0.1) is 0 Å². The predicted molar refractivity (Wildman–Crippen MR) is 80.3 cm³/mol. The van der Waals surface area contributed by atoms with Gasteiger partial charge in [0, 0.05) is 12.5 Å². The van der Waals surface area contributed by atoms with Gasteiger partial charge in [0.25, 0.3) is 0 Å². The van der Waals surface area contributed by atoms with Gasteiger partial charge in [-0.3, -0.25) is 0 Å². The molecule has 1 aromatic rings. The Morgan fingerprint density at radius 1 is 1.25 bits per heavy atom. The molecule has 2 unspecified atom stereocenters. The van der Waals surface area contributed by atoms with E-state index in [1.165, 1.54) is 37.9 Å². The van der Waals surface area contributed by atoms with Crippen molar-refractivity contribution in [2.75, 3.05) is 32.9 Å². The minimum atomic E-state index is 0.504. The van der Waals surface area contributed by atoms with E-state index >= 15 is 0 Å². The monoisotopic (exact) mass is 275 g/mol. The fraction of sp³-hybridized carbons (Fsp3) is 0.647. The SMILES string of the molecule is c1ccc2c(c1)OCCC2COCCC1CCCNC1. The summed E-state index contributed by atoms with van der Waals surface area (Å²) in [4.78, 5) is 0. The molecule has 2 atom stereocenters. The Hall–Kier alpha value is -1.06. The molecule has 2 heterocycles. The summed E-state index contributed by atoms with van der Waals surface area (Å²) < 4.78 is 11.6. The molecule has 3 heteroatoms. The topological polar surface area (TPSA) is 30.5 Å². The number of piperidine rings is 1. The molecule has 0 aliphatic carbocycles. The maximum atomic E-state index is 5.95. The van der Waals surface area contributed by atoms with Crippen molar-refractivity contribution in [1.29, 1.82) is 0 Å². The molecule has 0 aromatic heterocycles. The number of hydrogen-bond acceptors (Lipinski definition) is 3. The standard InChI is InChI=1S/C17H25NO2/c1-2-6-17-16(5-1)15(8-11-20-17)13-19-10-7-14-4-3-9-18-12-14/h1-2,5-6,14-15,18H,3-4,7-13H2. The lowest BCUT2D eigenvalue weighted by Gasteiger charge is -2.26. The summed E-state index contributed by atoms with van der Waals surface area (Å²) in [5.41, 5.74) is 1.32. The molecule has 1 aromatic carbocycles. The second-order valence-corrected chi connectivity index (χ2v) is 5.95. The molecule has 1 N–H and O–H groups in total. The van der Waals surface area contributed by atoms with E-state index in [-0.39, 0.29) is 0 Å². The van der Waals surface area contributed by atoms with Gasteiger partial charge in [0.2, 0.25) is 0 Å². The number of fused-ring (bicyclic) bond motifs is 1. The lowest BCUT2D eigenvalue weighted by atomic mass is 9.94. The molecule has 2 aliphatic heterocycles. The third-order valence-electron chi connectivity index (χ3n) is 4.47. The Morgan fingerprint density at radius 3 is 3.10 bits per heavy atom. The van der Waals surface area contributed by atoms with Crippen LogP contribution >= 0.6 is 0 Å². The lowest BCUT2D eigenvalue weighted by molar-refractivity contribution is 0.0921. The van der Waals surface area contributed by atoms with Gasteiger partial charge in [-0.1, -0.05) is 18.2 Å². The van der Waals surface area contributed by atoms with E-state index < -0.39 is 0 Å². The van der Waals surface area contributed by atoms with Gasteiger partial charge in [0.1, 0.15) is 5.75 Å². The molecule has 110 valence electrons. The highest BCUT2D eigenvalue weighted by atomic mass is 16.5. The van der Waals surface area contributed by atoms with Crippen LogP contribution in [0.15, 0.2) is 24.3 Å². The predicted octanol–water partition coefficient (Wildman–Crippen LogP) is 2.96. The van der Waals surface area contributed by atoms with Gasteiger partial charge in [0.05, 0.1) is 13.2 Å². The minimum Gasteiger partial charge on any atom is -0.493 e. The van der Waals surface area contributed by atoms with Crippen molar-refractivity contribution in [3.63, 3.8) is 0 Å². The zero-order valence-electron chi connectivity index (χ0n) is 12.1. The maximum Gasteiger partial charge on any atom is 0.122 e. The normalized spacial score (nSPS) is 25.8. The van der Waals surface area contributed by atoms with Crippen molar-refractivity contribution >= 4 is 0 Å². The van der Waals surface area contributed by atoms with E-state index in [2.05, 4.69) is 23.5 Å². The lowest BCUT2D eigenvalue weighted by Crippen LogP contribution is -2.30. The molecule has 0 radical (unpaired) electrons. The molecular formula is C17H25NO2. The average Bonchev–Trinajstić information content (AvgIpc) is 2.53. The van der Waals surface area contributed by atoms with Crippen LogP contribution in [0.1, 0.15) is 37.2 Å². The first-order valence-electron chi connectivity index (χ1n) is 7.93. The summed E-state index contributed by atoms with van der Waals surface area (Å²) in [5, 5.41) is 3.47. The number of para-hydroxylation sites is 1. The van der Waals surface area contributed by atoms with Gasteiger partial charge >= 0.3 is 0 Å². The van der Waals surface area contributed by atoms with Crippen LogP contribution in [0.4, 0.5) is 0 Å². The van der Waals surface area contributed by atoms with Crippen LogP contribution in [0.3, 0.4) is 0 Å². The fourth-order valence-electron chi connectivity index (χ4n) is 3.23. The van der Waals surface area contributed by atoms with E-state index in [0.29, 0.717) is 5.92 Å². The van der Waals surface area contributed by atoms with E-state index in [4.69, 9.17) is 9.47 Å². The third kappa shape index (κ3) is 3.53. The van der Waals surface area contributed by atoms with E-state index in [0.717, 1.165) is 37.9 Å². The molecule has 0 bridgehead atoms. The summed E-state index contributed by atoms with van der Waals surface area (Å²) in [6, 6.07) is 8.37. The van der Waals surface area contributed by atoms with Gasteiger partial charge in [0.15, 0.2) is 0 Å². The van der Waals surface area contributed by atoms with Crippen molar-refractivity contribution in [3.05, 3.63) is 29.8 Å². The molecule has 3 nitrogen and oxygen atoms in total. The maximum absolute atomic E-state index is 5.95. The zero-order valence-corrected chi connectivity index (χ0v) is 12.1. The van der Waals surface area contributed by atoms with Crippen LogP contribution in [-0.4, -0.2) is 32.9 Å². The second-order valence-electron chi connectivity index (χ2n) is 5.95. The van der Waals surface area contributed by atoms with Crippen molar-refractivity contribution in [3.8, 4) is 5.75 Å². The van der Waals surface area contributed by atoms with Crippen molar-refractivity contribution in [2.24, 2.45) is 5.92 Å². The second kappa shape index (κ2) is 7.09. The zero-order chi connectivity index (χ0) is 13.6.